The van der Waals surface area contributed by atoms with Gasteiger partial charge < -0.3 is 14.6 Å². The number of aromatic nitrogens is 3. The second-order valence-corrected chi connectivity index (χ2v) is 7.08. The van der Waals surface area contributed by atoms with E-state index in [0.717, 1.165) is 22.2 Å². The van der Waals surface area contributed by atoms with E-state index in [2.05, 4.69) is 15.0 Å². The highest BCUT2D eigenvalue weighted by Crippen LogP contribution is 2.39. The molecular weight excluding hydrogens is 366 g/mol. The molecule has 0 amide bonds. The standard InChI is InChI=1S/C23H19N3O3/c27-23-16(10-15-4-3-9-24-12-15)14-28-21-8-7-17(11-18(21)23)29-22-13-25-19-5-1-2-6-20(19)26-22/h1-9,11-13,16,23,27H,10,14H2/t16-,23-/m0/s1. The molecule has 0 aliphatic carbocycles. The Morgan fingerprint density at radius 3 is 2.79 bits per heavy atom. The number of hydrogen-bond acceptors (Lipinski definition) is 6. The fourth-order valence-electron chi connectivity index (χ4n) is 3.60. The SMILES string of the molecule is O[C@@H]1c2cc(Oc3cnc4ccccc4n3)ccc2OC[C@@H]1Cc1cccnc1. The molecule has 2 aromatic carbocycles. The topological polar surface area (TPSA) is 77.4 Å². The molecule has 3 heterocycles. The van der Waals surface area contributed by atoms with Crippen LogP contribution in [0.2, 0.25) is 0 Å². The van der Waals surface area contributed by atoms with Crippen molar-refractivity contribution in [2.24, 2.45) is 5.92 Å². The second-order valence-electron chi connectivity index (χ2n) is 7.08. The van der Waals surface area contributed by atoms with Gasteiger partial charge in [0, 0.05) is 23.9 Å². The molecule has 1 N–H and O–H groups in total. The highest BCUT2D eigenvalue weighted by atomic mass is 16.5. The zero-order valence-corrected chi connectivity index (χ0v) is 15.6. The minimum absolute atomic E-state index is 0.0533. The van der Waals surface area contributed by atoms with Gasteiger partial charge in [-0.2, -0.15) is 0 Å². The fourth-order valence-corrected chi connectivity index (χ4v) is 3.60. The van der Waals surface area contributed by atoms with Crippen molar-refractivity contribution in [2.75, 3.05) is 6.61 Å². The zero-order valence-electron chi connectivity index (χ0n) is 15.6. The number of pyridine rings is 1. The van der Waals surface area contributed by atoms with E-state index in [1.54, 1.807) is 12.4 Å². The van der Waals surface area contributed by atoms with E-state index >= 15 is 0 Å². The van der Waals surface area contributed by atoms with Crippen LogP contribution in [0.5, 0.6) is 17.4 Å². The van der Waals surface area contributed by atoms with Crippen molar-refractivity contribution in [3.63, 3.8) is 0 Å². The maximum Gasteiger partial charge on any atom is 0.238 e. The maximum atomic E-state index is 10.9. The van der Waals surface area contributed by atoms with Crippen LogP contribution in [0.1, 0.15) is 17.2 Å². The Kier molecular flexibility index (Phi) is 4.54. The van der Waals surface area contributed by atoms with Gasteiger partial charge in [0.1, 0.15) is 11.5 Å². The van der Waals surface area contributed by atoms with Gasteiger partial charge in [-0.3, -0.25) is 4.98 Å². The van der Waals surface area contributed by atoms with Crippen LogP contribution in [0.3, 0.4) is 0 Å². The summed E-state index contributed by atoms with van der Waals surface area (Å²) in [7, 11) is 0. The van der Waals surface area contributed by atoms with E-state index in [1.807, 2.05) is 60.8 Å². The van der Waals surface area contributed by atoms with Crippen LogP contribution >= 0.6 is 0 Å². The smallest absolute Gasteiger partial charge is 0.238 e. The number of rotatable bonds is 4. The Bertz CT molecular complexity index is 1150. The molecule has 0 fully saturated rings. The van der Waals surface area contributed by atoms with Crippen LogP contribution in [0, 0.1) is 5.92 Å². The first kappa shape index (κ1) is 17.6. The summed E-state index contributed by atoms with van der Waals surface area (Å²) in [5.74, 6) is 1.61. The largest absolute Gasteiger partial charge is 0.493 e. The van der Waals surface area contributed by atoms with Crippen LogP contribution in [-0.4, -0.2) is 26.7 Å². The fraction of sp³-hybridized carbons (Fsp3) is 0.174. The summed E-state index contributed by atoms with van der Waals surface area (Å²) in [5, 5.41) is 10.9. The Labute approximate surface area is 167 Å². The third-order valence-electron chi connectivity index (χ3n) is 5.07. The van der Waals surface area contributed by atoms with E-state index in [0.29, 0.717) is 30.4 Å². The van der Waals surface area contributed by atoms with E-state index in [1.165, 1.54) is 0 Å². The molecule has 6 nitrogen and oxygen atoms in total. The number of hydrogen-bond donors (Lipinski definition) is 1. The molecule has 6 heteroatoms. The molecule has 0 saturated carbocycles. The van der Waals surface area contributed by atoms with Crippen LogP contribution in [0.15, 0.2) is 73.2 Å². The number of nitrogens with zero attached hydrogens (tertiary/aromatic N) is 3. The predicted molar refractivity (Wildman–Crippen MR) is 108 cm³/mol. The highest BCUT2D eigenvalue weighted by Gasteiger charge is 2.30. The van der Waals surface area contributed by atoms with Crippen molar-refractivity contribution in [1.82, 2.24) is 15.0 Å². The summed E-state index contributed by atoms with van der Waals surface area (Å²) in [6.07, 6.45) is 5.20. The van der Waals surface area contributed by atoms with E-state index < -0.39 is 6.10 Å². The normalized spacial score (nSPS) is 18.1. The first-order chi connectivity index (χ1) is 14.3. The minimum atomic E-state index is -0.648. The Morgan fingerprint density at radius 1 is 1.03 bits per heavy atom. The van der Waals surface area contributed by atoms with Gasteiger partial charge in [-0.25, -0.2) is 9.97 Å². The molecule has 0 spiro atoms. The first-order valence-corrected chi connectivity index (χ1v) is 9.49. The minimum Gasteiger partial charge on any atom is -0.493 e. The highest BCUT2D eigenvalue weighted by molar-refractivity contribution is 5.74. The summed E-state index contributed by atoms with van der Waals surface area (Å²) in [6, 6.07) is 17.0. The van der Waals surface area contributed by atoms with E-state index in [9.17, 15) is 5.11 Å². The average Bonchev–Trinajstić information content (AvgIpc) is 2.77. The Hall–Kier alpha value is -3.51. The van der Waals surface area contributed by atoms with Crippen molar-refractivity contribution in [3.05, 3.63) is 84.3 Å². The summed E-state index contributed by atoms with van der Waals surface area (Å²) in [5.41, 5.74) is 3.37. The van der Waals surface area contributed by atoms with Crippen molar-refractivity contribution >= 4 is 11.0 Å². The van der Waals surface area contributed by atoms with Crippen LogP contribution < -0.4 is 9.47 Å². The number of aliphatic hydroxyl groups excluding tert-OH is 1. The van der Waals surface area contributed by atoms with Crippen LogP contribution in [0.25, 0.3) is 11.0 Å². The molecule has 0 saturated heterocycles. The molecule has 5 rings (SSSR count). The van der Waals surface area contributed by atoms with Gasteiger partial charge in [-0.05, 0) is 48.4 Å². The average molecular weight is 385 g/mol. The van der Waals surface area contributed by atoms with Gasteiger partial charge in [0.15, 0.2) is 0 Å². The molecule has 4 aromatic rings. The number of aliphatic hydroxyl groups is 1. The number of para-hydroxylation sites is 2. The van der Waals surface area contributed by atoms with Gasteiger partial charge in [-0.15, -0.1) is 0 Å². The summed E-state index contributed by atoms with van der Waals surface area (Å²) in [6.45, 7) is 0.458. The molecule has 144 valence electrons. The van der Waals surface area contributed by atoms with Gasteiger partial charge in [0.05, 0.1) is 29.9 Å². The first-order valence-electron chi connectivity index (χ1n) is 9.49. The molecule has 2 atom stereocenters. The number of fused-ring (bicyclic) bond motifs is 2. The third-order valence-corrected chi connectivity index (χ3v) is 5.07. The predicted octanol–water partition coefficient (Wildman–Crippen LogP) is 4.10. The quantitative estimate of drug-likeness (QED) is 0.570. The van der Waals surface area contributed by atoms with E-state index in [-0.39, 0.29) is 5.92 Å². The summed E-state index contributed by atoms with van der Waals surface area (Å²) >= 11 is 0. The lowest BCUT2D eigenvalue weighted by Gasteiger charge is -2.30. The van der Waals surface area contributed by atoms with Crippen molar-refractivity contribution in [3.8, 4) is 17.4 Å². The molecule has 0 unspecified atom stereocenters. The van der Waals surface area contributed by atoms with Gasteiger partial charge in [0.2, 0.25) is 5.88 Å². The molecule has 0 bridgehead atoms. The number of ether oxygens (including phenoxy) is 2. The van der Waals surface area contributed by atoms with Gasteiger partial charge in [-0.1, -0.05) is 18.2 Å². The van der Waals surface area contributed by atoms with E-state index in [4.69, 9.17) is 9.47 Å². The molecule has 1 aliphatic heterocycles. The number of benzene rings is 2. The maximum absolute atomic E-state index is 10.9. The zero-order chi connectivity index (χ0) is 19.6. The van der Waals surface area contributed by atoms with Gasteiger partial charge in [0.25, 0.3) is 0 Å². The lowest BCUT2D eigenvalue weighted by Crippen LogP contribution is -2.27. The summed E-state index contributed by atoms with van der Waals surface area (Å²) in [4.78, 5) is 13.0. The molecule has 0 radical (unpaired) electrons. The van der Waals surface area contributed by atoms with Crippen molar-refractivity contribution < 1.29 is 14.6 Å². The Balaban J connectivity index is 1.38. The summed E-state index contributed by atoms with van der Waals surface area (Å²) < 4.78 is 11.8. The van der Waals surface area contributed by atoms with Gasteiger partial charge >= 0.3 is 0 Å². The van der Waals surface area contributed by atoms with Crippen LogP contribution in [0.4, 0.5) is 0 Å². The molecule has 29 heavy (non-hydrogen) atoms. The third kappa shape index (κ3) is 3.62. The molecular formula is C23H19N3O3. The Morgan fingerprint density at radius 2 is 1.93 bits per heavy atom. The monoisotopic (exact) mass is 385 g/mol. The molecule has 1 aliphatic rings. The lowest BCUT2D eigenvalue weighted by atomic mass is 9.88. The lowest BCUT2D eigenvalue weighted by molar-refractivity contribution is 0.0505. The van der Waals surface area contributed by atoms with Crippen molar-refractivity contribution in [2.45, 2.75) is 12.5 Å². The second kappa shape index (κ2) is 7.48. The van der Waals surface area contributed by atoms with Crippen molar-refractivity contribution in [1.29, 1.82) is 0 Å². The van der Waals surface area contributed by atoms with Crippen LogP contribution in [-0.2, 0) is 6.42 Å². The molecule has 2 aromatic heterocycles.